The number of aromatic nitrogens is 4. The van der Waals surface area contributed by atoms with Gasteiger partial charge in [-0.1, -0.05) is 26.1 Å². The molecule has 0 aliphatic rings. The second-order valence-corrected chi connectivity index (χ2v) is 4.94. The van der Waals surface area contributed by atoms with Crippen molar-refractivity contribution in [3.8, 4) is 0 Å². The third-order valence-corrected chi connectivity index (χ3v) is 3.43. The molecule has 0 amide bonds. The molecule has 0 aromatic carbocycles. The Hall–Kier alpha value is -1.69. The summed E-state index contributed by atoms with van der Waals surface area (Å²) < 4.78 is 3.95. The van der Waals surface area contributed by atoms with Crippen LogP contribution in [0.1, 0.15) is 44.2 Å². The smallest absolute Gasteiger partial charge is 0.167 e. The number of nitrogens with two attached hydrogens (primary N) is 1. The molecular weight excluding hydrogens is 258 g/mol. The average Bonchev–Trinajstić information content (AvgIpc) is 3.01. The Labute approximate surface area is 118 Å². The molecule has 0 radical (unpaired) electrons. The van der Waals surface area contributed by atoms with Crippen molar-refractivity contribution in [3.63, 3.8) is 0 Å². The second kappa shape index (κ2) is 5.97. The highest BCUT2D eigenvalue weighted by atomic mass is 32.1. The van der Waals surface area contributed by atoms with Gasteiger partial charge in [-0.25, -0.2) is 4.98 Å². The molecule has 2 rings (SSSR count). The van der Waals surface area contributed by atoms with Gasteiger partial charge in [0, 0.05) is 18.6 Å². The zero-order valence-electron chi connectivity index (χ0n) is 11.3. The fourth-order valence-electron chi connectivity index (χ4n) is 2.16. The maximum Gasteiger partial charge on any atom is 0.167 e. The summed E-state index contributed by atoms with van der Waals surface area (Å²) in [6, 6.07) is 2.49. The number of rotatable bonds is 6. The maximum atomic E-state index is 5.63. The van der Waals surface area contributed by atoms with Crippen LogP contribution in [0.5, 0.6) is 0 Å². The number of hydrogen-bond acceptors (Lipinski definition) is 3. The standard InChI is InChI=1S/C13H19N5S/c1-3-11(4-2)18-7-5-10(16-18)9-17-8-6-15-13(17)12(14)19/h5-8,11H,3-4,9H2,1-2H3,(H2,14,19). The van der Waals surface area contributed by atoms with Crippen molar-refractivity contribution in [3.05, 3.63) is 36.2 Å². The van der Waals surface area contributed by atoms with Gasteiger partial charge < -0.3 is 10.3 Å². The minimum Gasteiger partial charge on any atom is -0.387 e. The fourth-order valence-corrected chi connectivity index (χ4v) is 2.33. The van der Waals surface area contributed by atoms with Crippen molar-refractivity contribution < 1.29 is 0 Å². The van der Waals surface area contributed by atoms with Gasteiger partial charge in [0.05, 0.1) is 18.3 Å². The highest BCUT2D eigenvalue weighted by Crippen LogP contribution is 2.15. The lowest BCUT2D eigenvalue weighted by Crippen LogP contribution is -2.17. The summed E-state index contributed by atoms with van der Waals surface area (Å²) in [6.07, 6.45) is 7.77. The van der Waals surface area contributed by atoms with Gasteiger partial charge in [0.25, 0.3) is 0 Å². The topological polar surface area (TPSA) is 61.7 Å². The quantitative estimate of drug-likeness (QED) is 0.822. The zero-order chi connectivity index (χ0) is 13.8. The Morgan fingerprint density at radius 2 is 2.11 bits per heavy atom. The van der Waals surface area contributed by atoms with Crippen LogP contribution in [-0.4, -0.2) is 24.3 Å². The monoisotopic (exact) mass is 277 g/mol. The Balaban J connectivity index is 2.16. The van der Waals surface area contributed by atoms with E-state index in [1.165, 1.54) is 0 Å². The van der Waals surface area contributed by atoms with Crippen LogP contribution in [-0.2, 0) is 6.54 Å². The van der Waals surface area contributed by atoms with Gasteiger partial charge in [-0.3, -0.25) is 4.68 Å². The Morgan fingerprint density at radius 1 is 1.37 bits per heavy atom. The molecule has 102 valence electrons. The molecule has 0 bridgehead atoms. The van der Waals surface area contributed by atoms with E-state index in [0.29, 0.717) is 23.4 Å². The fraction of sp³-hybridized carbons (Fsp3) is 0.462. The molecule has 2 N–H and O–H groups in total. The van der Waals surface area contributed by atoms with Crippen LogP contribution in [0.25, 0.3) is 0 Å². The molecular formula is C13H19N5S. The van der Waals surface area contributed by atoms with Gasteiger partial charge in [0.1, 0.15) is 4.99 Å². The first-order valence-corrected chi connectivity index (χ1v) is 6.91. The van der Waals surface area contributed by atoms with Crippen molar-refractivity contribution in [2.24, 2.45) is 5.73 Å². The van der Waals surface area contributed by atoms with E-state index in [1.807, 2.05) is 27.7 Å². The number of imidazole rings is 1. The highest BCUT2D eigenvalue weighted by Gasteiger charge is 2.10. The molecule has 0 saturated heterocycles. The summed E-state index contributed by atoms with van der Waals surface area (Å²) in [4.78, 5) is 4.46. The SMILES string of the molecule is CCC(CC)n1ccc(Cn2ccnc2C(N)=S)n1. The van der Waals surface area contributed by atoms with Crippen LogP contribution in [0, 0.1) is 0 Å². The van der Waals surface area contributed by atoms with Gasteiger partial charge in [-0.15, -0.1) is 0 Å². The average molecular weight is 277 g/mol. The van der Waals surface area contributed by atoms with Crippen molar-refractivity contribution in [2.45, 2.75) is 39.3 Å². The molecule has 0 saturated carbocycles. The van der Waals surface area contributed by atoms with E-state index in [2.05, 4.69) is 23.9 Å². The van der Waals surface area contributed by atoms with E-state index < -0.39 is 0 Å². The Bertz CT molecular complexity index is 553. The lowest BCUT2D eigenvalue weighted by Gasteiger charge is -2.12. The van der Waals surface area contributed by atoms with E-state index in [1.54, 1.807) is 6.20 Å². The summed E-state index contributed by atoms with van der Waals surface area (Å²) in [5.41, 5.74) is 6.62. The van der Waals surface area contributed by atoms with E-state index in [9.17, 15) is 0 Å². The first-order chi connectivity index (χ1) is 9.15. The minimum absolute atomic E-state index is 0.310. The number of nitrogens with zero attached hydrogens (tertiary/aromatic N) is 4. The summed E-state index contributed by atoms with van der Waals surface area (Å²) in [7, 11) is 0. The molecule has 0 aliphatic carbocycles. The predicted molar refractivity (Wildman–Crippen MR) is 79.1 cm³/mol. The van der Waals surface area contributed by atoms with Gasteiger partial charge >= 0.3 is 0 Å². The summed E-state index contributed by atoms with van der Waals surface area (Å²) in [6.45, 7) is 4.99. The van der Waals surface area contributed by atoms with E-state index in [4.69, 9.17) is 18.0 Å². The zero-order valence-corrected chi connectivity index (χ0v) is 12.1. The Morgan fingerprint density at radius 3 is 2.74 bits per heavy atom. The minimum atomic E-state index is 0.310. The number of thiocarbonyl (C=S) groups is 1. The first-order valence-electron chi connectivity index (χ1n) is 6.50. The van der Waals surface area contributed by atoms with Crippen LogP contribution in [0.3, 0.4) is 0 Å². The van der Waals surface area contributed by atoms with Crippen molar-refractivity contribution in [1.29, 1.82) is 0 Å². The third kappa shape index (κ3) is 3.01. The van der Waals surface area contributed by atoms with Crippen LogP contribution in [0.2, 0.25) is 0 Å². The lowest BCUT2D eigenvalue weighted by molar-refractivity contribution is 0.424. The molecule has 2 aromatic rings. The van der Waals surface area contributed by atoms with Crippen LogP contribution in [0.4, 0.5) is 0 Å². The summed E-state index contributed by atoms with van der Waals surface area (Å²) >= 11 is 4.97. The summed E-state index contributed by atoms with van der Waals surface area (Å²) in [5.74, 6) is 0.632. The molecule has 0 aliphatic heterocycles. The summed E-state index contributed by atoms with van der Waals surface area (Å²) in [5, 5.41) is 4.61. The molecule has 0 atom stereocenters. The molecule has 0 fully saturated rings. The molecule has 6 heteroatoms. The molecule has 19 heavy (non-hydrogen) atoms. The molecule has 0 spiro atoms. The van der Waals surface area contributed by atoms with Crippen LogP contribution in [0.15, 0.2) is 24.7 Å². The van der Waals surface area contributed by atoms with Gasteiger partial charge in [0.2, 0.25) is 0 Å². The van der Waals surface area contributed by atoms with Crippen LogP contribution >= 0.6 is 12.2 Å². The molecule has 0 unspecified atom stereocenters. The normalized spacial score (nSPS) is 11.1. The largest absolute Gasteiger partial charge is 0.387 e. The highest BCUT2D eigenvalue weighted by molar-refractivity contribution is 7.80. The molecule has 2 heterocycles. The molecule has 2 aromatic heterocycles. The van der Waals surface area contributed by atoms with Crippen molar-refractivity contribution in [2.75, 3.05) is 0 Å². The predicted octanol–water partition coefficient (Wildman–Crippen LogP) is 2.12. The van der Waals surface area contributed by atoms with Gasteiger partial charge in [-0.2, -0.15) is 5.10 Å². The number of hydrogen-bond donors (Lipinski definition) is 1. The van der Waals surface area contributed by atoms with Crippen LogP contribution < -0.4 is 5.73 Å². The van der Waals surface area contributed by atoms with E-state index >= 15 is 0 Å². The molecule has 5 nitrogen and oxygen atoms in total. The van der Waals surface area contributed by atoms with Gasteiger partial charge in [-0.05, 0) is 18.9 Å². The van der Waals surface area contributed by atoms with Crippen molar-refractivity contribution in [1.82, 2.24) is 19.3 Å². The first kappa shape index (κ1) is 13.7. The Kier molecular flexibility index (Phi) is 4.31. The second-order valence-electron chi connectivity index (χ2n) is 4.50. The van der Waals surface area contributed by atoms with Gasteiger partial charge in [0.15, 0.2) is 5.82 Å². The van der Waals surface area contributed by atoms with E-state index in [-0.39, 0.29) is 0 Å². The van der Waals surface area contributed by atoms with E-state index in [0.717, 1.165) is 18.5 Å². The third-order valence-electron chi connectivity index (χ3n) is 3.25. The maximum absolute atomic E-state index is 5.63. The van der Waals surface area contributed by atoms with Crippen molar-refractivity contribution >= 4 is 17.2 Å². The lowest BCUT2D eigenvalue weighted by atomic mass is 10.2.